The van der Waals surface area contributed by atoms with Gasteiger partial charge in [-0.2, -0.15) is 0 Å². The van der Waals surface area contributed by atoms with Crippen molar-refractivity contribution in [1.29, 1.82) is 0 Å². The molecule has 0 aliphatic rings. The number of benzene rings is 1. The van der Waals surface area contributed by atoms with Crippen LogP contribution in [0.4, 0.5) is 0 Å². The van der Waals surface area contributed by atoms with Crippen LogP contribution in [0, 0.1) is 12.3 Å². The first-order valence-electron chi connectivity index (χ1n) is 4.37. The van der Waals surface area contributed by atoms with Gasteiger partial charge >= 0.3 is 6.92 Å². The lowest BCUT2D eigenvalue weighted by molar-refractivity contribution is -0.132. The molecule has 0 radical (unpaired) electrons. The van der Waals surface area contributed by atoms with Crippen LogP contribution >= 0.6 is 0 Å². The van der Waals surface area contributed by atoms with Crippen molar-refractivity contribution in [3.63, 3.8) is 0 Å². The molecule has 0 N–H and O–H groups in total. The first-order chi connectivity index (χ1) is 6.63. The molecule has 70 valence electrons. The summed E-state index contributed by atoms with van der Waals surface area (Å²) in [5.41, 5.74) is 1.77. The second kappa shape index (κ2) is 4.52. The summed E-state index contributed by atoms with van der Waals surface area (Å²) in [5.74, 6) is 2.25. The van der Waals surface area contributed by atoms with E-state index in [0.717, 1.165) is 11.0 Å². The third kappa shape index (κ3) is 2.67. The fraction of sp³-hybridized carbons (Fsp3) is 0.182. The zero-order chi connectivity index (χ0) is 10.6. The Labute approximate surface area is 84.4 Å². The van der Waals surface area contributed by atoms with E-state index < -0.39 is 0 Å². The van der Waals surface area contributed by atoms with E-state index in [-0.39, 0.29) is 12.9 Å². The second-order valence-corrected chi connectivity index (χ2v) is 3.02. The van der Waals surface area contributed by atoms with Crippen LogP contribution < -0.4 is 5.46 Å². The molecule has 3 heteroatoms. The molecule has 0 aromatic heterocycles. The second-order valence-electron chi connectivity index (χ2n) is 3.02. The predicted octanol–water partition coefficient (Wildman–Crippen LogP) is 1.06. The van der Waals surface area contributed by atoms with Crippen LogP contribution in [0.3, 0.4) is 0 Å². The van der Waals surface area contributed by atoms with E-state index in [1.165, 1.54) is 6.92 Å². The van der Waals surface area contributed by atoms with Gasteiger partial charge < -0.3 is 4.65 Å². The summed E-state index contributed by atoms with van der Waals surface area (Å²) in [6.07, 6.45) is 5.22. The summed E-state index contributed by atoms with van der Waals surface area (Å²) in [6.45, 7) is 3.00. The maximum Gasteiger partial charge on any atom is 0.392 e. The molecule has 0 saturated heterocycles. The zero-order valence-electron chi connectivity index (χ0n) is 8.28. The smallest absolute Gasteiger partial charge is 0.392 e. The number of carbonyl (C=O) groups excluding carboxylic acids is 1. The molecule has 0 spiro atoms. The Balaban J connectivity index is 2.77. The van der Waals surface area contributed by atoms with Gasteiger partial charge in [0.15, 0.2) is 0 Å². The maximum absolute atomic E-state index is 10.7. The van der Waals surface area contributed by atoms with Crippen molar-refractivity contribution in [3.05, 3.63) is 29.8 Å². The van der Waals surface area contributed by atoms with Gasteiger partial charge in [-0.3, -0.25) is 4.79 Å². The lowest BCUT2D eigenvalue weighted by Gasteiger charge is -2.07. The number of hydrogen-bond donors (Lipinski definition) is 0. The van der Waals surface area contributed by atoms with E-state index >= 15 is 0 Å². The lowest BCUT2D eigenvalue weighted by Crippen LogP contribution is -2.31. The molecule has 14 heavy (non-hydrogen) atoms. The zero-order valence-corrected chi connectivity index (χ0v) is 8.28. The van der Waals surface area contributed by atoms with Gasteiger partial charge in [0.2, 0.25) is 0 Å². The number of hydrogen-bond acceptors (Lipinski definition) is 2. The van der Waals surface area contributed by atoms with Gasteiger partial charge in [-0.25, -0.2) is 0 Å². The number of rotatable bonds is 2. The Kier molecular flexibility index (Phi) is 3.36. The van der Waals surface area contributed by atoms with E-state index in [0.29, 0.717) is 0 Å². The summed E-state index contributed by atoms with van der Waals surface area (Å²) in [6, 6.07) is 7.39. The first-order valence-corrected chi connectivity index (χ1v) is 4.37. The van der Waals surface area contributed by atoms with Crippen molar-refractivity contribution in [3.8, 4) is 12.3 Å². The third-order valence-corrected chi connectivity index (χ3v) is 1.89. The first kappa shape index (κ1) is 10.4. The molecular formula is C11H11BO2. The summed E-state index contributed by atoms with van der Waals surface area (Å²) < 4.78 is 5.02. The maximum atomic E-state index is 10.7. The third-order valence-electron chi connectivity index (χ3n) is 1.89. The fourth-order valence-corrected chi connectivity index (χ4v) is 1.17. The van der Waals surface area contributed by atoms with Gasteiger partial charge in [-0.15, -0.1) is 6.42 Å². The molecule has 0 amide bonds. The van der Waals surface area contributed by atoms with E-state index in [1.54, 1.807) is 0 Å². The van der Waals surface area contributed by atoms with Crippen molar-refractivity contribution in [1.82, 2.24) is 0 Å². The highest BCUT2D eigenvalue weighted by atomic mass is 16.5. The molecule has 2 nitrogen and oxygen atoms in total. The van der Waals surface area contributed by atoms with E-state index in [4.69, 9.17) is 11.1 Å². The van der Waals surface area contributed by atoms with E-state index in [1.807, 2.05) is 31.1 Å². The van der Waals surface area contributed by atoms with Crippen molar-refractivity contribution in [2.75, 3.05) is 0 Å². The van der Waals surface area contributed by atoms with Crippen LogP contribution in [-0.4, -0.2) is 12.9 Å². The van der Waals surface area contributed by atoms with Gasteiger partial charge in [-0.1, -0.05) is 18.1 Å². The van der Waals surface area contributed by atoms with Gasteiger partial charge in [0.05, 0.1) is 0 Å². The molecular weight excluding hydrogens is 175 g/mol. The van der Waals surface area contributed by atoms with Crippen LogP contribution in [-0.2, 0) is 9.45 Å². The fourth-order valence-electron chi connectivity index (χ4n) is 1.17. The van der Waals surface area contributed by atoms with Crippen molar-refractivity contribution in [2.45, 2.75) is 13.7 Å². The van der Waals surface area contributed by atoms with Crippen LogP contribution in [0.15, 0.2) is 24.3 Å². The predicted molar refractivity (Wildman–Crippen MR) is 57.4 cm³/mol. The minimum Gasteiger partial charge on any atom is -0.532 e. The average molecular weight is 186 g/mol. The summed E-state index contributed by atoms with van der Waals surface area (Å²) in [5, 5.41) is 0. The largest absolute Gasteiger partial charge is 0.532 e. The minimum atomic E-state index is -0.279. The van der Waals surface area contributed by atoms with Crippen LogP contribution in [0.25, 0.3) is 0 Å². The van der Waals surface area contributed by atoms with E-state index in [9.17, 15) is 4.79 Å². The number of carbonyl (C=O) groups is 1. The highest BCUT2D eigenvalue weighted by Gasteiger charge is 2.14. The molecule has 0 heterocycles. The van der Waals surface area contributed by atoms with Crippen LogP contribution in [0.1, 0.15) is 12.5 Å². The summed E-state index contributed by atoms with van der Waals surface area (Å²) in [7, 11) is 0. The standard InChI is InChI=1S/C11H11BO2/c1-4-10-5-7-11(8-6-10)12(3)14-9(2)13/h1,5-8H,2-3H3. The Bertz CT molecular complexity index is 362. The van der Waals surface area contributed by atoms with Crippen molar-refractivity contribution < 1.29 is 9.45 Å². The molecule has 0 bridgehead atoms. The molecule has 0 fully saturated rings. The normalized spacial score (nSPS) is 8.93. The Morgan fingerprint density at radius 2 is 2.00 bits per heavy atom. The molecule has 1 aromatic rings. The monoisotopic (exact) mass is 186 g/mol. The summed E-state index contributed by atoms with van der Waals surface area (Å²) in [4.78, 5) is 10.7. The molecule has 0 unspecified atom stereocenters. The van der Waals surface area contributed by atoms with Gasteiger partial charge in [-0.05, 0) is 24.4 Å². The Morgan fingerprint density at radius 1 is 1.43 bits per heavy atom. The average Bonchev–Trinajstić information content (AvgIpc) is 2.17. The molecule has 0 aliphatic carbocycles. The van der Waals surface area contributed by atoms with Crippen LogP contribution in [0.5, 0.6) is 0 Å². The molecule has 0 atom stereocenters. The Hall–Kier alpha value is -1.69. The Morgan fingerprint density at radius 3 is 2.43 bits per heavy atom. The quantitative estimate of drug-likeness (QED) is 0.509. The van der Waals surface area contributed by atoms with Crippen molar-refractivity contribution in [2.24, 2.45) is 0 Å². The highest BCUT2D eigenvalue weighted by molar-refractivity contribution is 6.67. The van der Waals surface area contributed by atoms with Gasteiger partial charge in [0.1, 0.15) is 0 Å². The summed E-state index contributed by atoms with van der Waals surface area (Å²) >= 11 is 0. The highest BCUT2D eigenvalue weighted by Crippen LogP contribution is 1.96. The molecule has 0 saturated carbocycles. The van der Waals surface area contributed by atoms with E-state index in [2.05, 4.69) is 5.92 Å². The van der Waals surface area contributed by atoms with Gasteiger partial charge in [0, 0.05) is 12.5 Å². The van der Waals surface area contributed by atoms with Crippen molar-refractivity contribution >= 4 is 18.3 Å². The number of terminal acetylenes is 1. The van der Waals surface area contributed by atoms with Gasteiger partial charge in [0.25, 0.3) is 5.97 Å². The SMILES string of the molecule is C#Cc1ccc(B(C)OC(C)=O)cc1. The topological polar surface area (TPSA) is 26.3 Å². The molecule has 0 aliphatic heterocycles. The van der Waals surface area contributed by atoms with Crippen LogP contribution in [0.2, 0.25) is 6.82 Å². The lowest BCUT2D eigenvalue weighted by atomic mass is 9.63. The minimum absolute atomic E-state index is 0.223. The molecule has 1 rings (SSSR count). The molecule has 1 aromatic carbocycles.